The highest BCUT2D eigenvalue weighted by molar-refractivity contribution is 7.89. The Labute approximate surface area is 278 Å². The van der Waals surface area contributed by atoms with Gasteiger partial charge in [-0.25, -0.2) is 27.0 Å². The van der Waals surface area contributed by atoms with E-state index in [0.29, 0.717) is 31.5 Å². The van der Waals surface area contributed by atoms with Gasteiger partial charge in [-0.3, -0.25) is 9.59 Å². The van der Waals surface area contributed by atoms with Crippen molar-refractivity contribution in [2.45, 2.75) is 62.8 Å². The van der Waals surface area contributed by atoms with Crippen molar-refractivity contribution in [1.82, 2.24) is 20.1 Å². The number of nitrogens with two attached hydrogens (primary N) is 1. The zero-order valence-electron chi connectivity index (χ0n) is 27.0. The summed E-state index contributed by atoms with van der Waals surface area (Å²) in [6, 6.07) is 20.4. The number of primary sulfonamides is 1. The lowest BCUT2D eigenvalue weighted by Gasteiger charge is -2.30. The highest BCUT2D eigenvalue weighted by atomic mass is 32.2. The van der Waals surface area contributed by atoms with Gasteiger partial charge < -0.3 is 15.3 Å². The third-order valence-electron chi connectivity index (χ3n) is 7.35. The smallest absolute Gasteiger partial charge is 0.253 e. The van der Waals surface area contributed by atoms with E-state index in [1.165, 1.54) is 11.1 Å². The second-order valence-electron chi connectivity index (χ2n) is 11.3. The van der Waals surface area contributed by atoms with Crippen LogP contribution in [0, 0.1) is 0 Å². The van der Waals surface area contributed by atoms with E-state index in [1.54, 1.807) is 42.2 Å². The van der Waals surface area contributed by atoms with Gasteiger partial charge in [-0.1, -0.05) is 81.4 Å². The van der Waals surface area contributed by atoms with Gasteiger partial charge in [0.15, 0.2) is 0 Å². The largest absolute Gasteiger partial charge is 0.390 e. The van der Waals surface area contributed by atoms with Crippen molar-refractivity contribution in [3.63, 3.8) is 0 Å². The molecule has 0 aromatic heterocycles. The average Bonchev–Trinajstić information content (AvgIpc) is 3.03. The summed E-state index contributed by atoms with van der Waals surface area (Å²) in [5.41, 5.74) is 1.24. The maximum atomic E-state index is 13.7. The van der Waals surface area contributed by atoms with Crippen molar-refractivity contribution >= 4 is 31.9 Å². The summed E-state index contributed by atoms with van der Waals surface area (Å²) in [5.74, 6) is -1.44. The second-order valence-corrected chi connectivity index (χ2v) is 14.6. The van der Waals surface area contributed by atoms with Crippen LogP contribution in [0.15, 0.2) is 83.8 Å². The second kappa shape index (κ2) is 17.5. The summed E-state index contributed by atoms with van der Waals surface area (Å²) in [6.45, 7) is 6.49. The van der Waals surface area contributed by atoms with Crippen molar-refractivity contribution in [3.8, 4) is 0 Å². The number of hydrogen-bond donors (Lipinski definition) is 4. The number of nitrogens with zero attached hydrogens (tertiary/aromatic N) is 2. The van der Waals surface area contributed by atoms with Crippen LogP contribution in [0.2, 0.25) is 0 Å². The third kappa shape index (κ3) is 11.8. The van der Waals surface area contributed by atoms with Gasteiger partial charge in [0.25, 0.3) is 11.8 Å². The van der Waals surface area contributed by atoms with E-state index >= 15 is 0 Å². The van der Waals surface area contributed by atoms with Gasteiger partial charge in [0, 0.05) is 37.3 Å². The molecule has 47 heavy (non-hydrogen) atoms. The molecule has 3 aromatic rings. The molecule has 256 valence electrons. The molecule has 2 amide bonds. The standard InChI is InChI=1S/C33H45N5O7S2/c1-4-17-37(18-5-2)33(41)28-20-27(21-29(22-28)47(34,44)45)32(40)35-30(19-25-13-9-7-10-14-25)31(39)23-38(6-3)36-46(42,43)24-26-15-11-8-12-16-26/h7-16,20-22,30-31,36,39H,4-6,17-19,23-24H2,1-3H3,(H,35,40)(H2,34,44,45). The first-order chi connectivity index (χ1) is 22.3. The summed E-state index contributed by atoms with van der Waals surface area (Å²) in [6.07, 6.45) is 0.267. The summed E-state index contributed by atoms with van der Waals surface area (Å²) in [4.78, 5) is 30.8. The molecule has 0 heterocycles. The molecular formula is C33H45N5O7S2. The molecule has 3 rings (SSSR count). The van der Waals surface area contributed by atoms with Crippen LogP contribution < -0.4 is 15.3 Å². The molecule has 14 heteroatoms. The van der Waals surface area contributed by atoms with E-state index in [1.807, 2.05) is 44.2 Å². The van der Waals surface area contributed by atoms with E-state index in [-0.39, 0.29) is 36.4 Å². The normalized spacial score (nSPS) is 13.2. The number of amides is 2. The third-order valence-corrected chi connectivity index (χ3v) is 9.50. The quantitative estimate of drug-likeness (QED) is 0.147. The molecule has 12 nitrogen and oxygen atoms in total. The fraction of sp³-hybridized carbons (Fsp3) is 0.394. The monoisotopic (exact) mass is 687 g/mol. The number of likely N-dealkylation sites (N-methyl/N-ethyl adjacent to an activating group) is 1. The van der Waals surface area contributed by atoms with E-state index < -0.39 is 48.9 Å². The molecule has 0 saturated carbocycles. The summed E-state index contributed by atoms with van der Waals surface area (Å²) >= 11 is 0. The van der Waals surface area contributed by atoms with Gasteiger partial charge in [-0.15, -0.1) is 4.83 Å². The molecule has 0 aliphatic heterocycles. The van der Waals surface area contributed by atoms with Crippen LogP contribution in [0.25, 0.3) is 0 Å². The molecule has 0 aliphatic rings. The van der Waals surface area contributed by atoms with E-state index in [2.05, 4.69) is 10.1 Å². The summed E-state index contributed by atoms with van der Waals surface area (Å²) in [7, 11) is -8.11. The molecule has 0 fully saturated rings. The number of sulfonamides is 2. The Bertz CT molecular complexity index is 1680. The van der Waals surface area contributed by atoms with Gasteiger partial charge in [-0.2, -0.15) is 0 Å². The number of nitrogens with one attached hydrogen (secondary N) is 2. The molecule has 0 bridgehead atoms. The highest BCUT2D eigenvalue weighted by Crippen LogP contribution is 2.18. The predicted molar refractivity (Wildman–Crippen MR) is 181 cm³/mol. The van der Waals surface area contributed by atoms with Crippen LogP contribution in [0.4, 0.5) is 0 Å². The molecule has 0 saturated heterocycles. The van der Waals surface area contributed by atoms with E-state index in [4.69, 9.17) is 5.14 Å². The molecule has 5 N–H and O–H groups in total. The molecule has 2 atom stereocenters. The van der Waals surface area contributed by atoms with Gasteiger partial charge in [0.1, 0.15) is 0 Å². The van der Waals surface area contributed by atoms with Gasteiger partial charge >= 0.3 is 0 Å². The summed E-state index contributed by atoms with van der Waals surface area (Å²) < 4.78 is 50.6. The van der Waals surface area contributed by atoms with Crippen LogP contribution in [-0.2, 0) is 32.2 Å². The molecule has 2 unspecified atom stereocenters. The Hall–Kier alpha value is -3.66. The number of carbonyl (C=O) groups excluding carboxylic acids is 2. The Balaban J connectivity index is 1.90. The lowest BCUT2D eigenvalue weighted by molar-refractivity contribution is 0.0634. The fourth-order valence-corrected chi connectivity index (χ4v) is 6.94. The SMILES string of the molecule is CCCN(CCC)C(=O)c1cc(C(=O)NC(Cc2ccccc2)C(O)CN(CC)NS(=O)(=O)Cc2ccccc2)cc(S(N)(=O)=O)c1. The van der Waals surface area contributed by atoms with Crippen LogP contribution in [0.1, 0.15) is 65.5 Å². The van der Waals surface area contributed by atoms with Crippen molar-refractivity contribution in [3.05, 3.63) is 101 Å². The zero-order valence-corrected chi connectivity index (χ0v) is 28.6. The molecule has 0 spiro atoms. The number of hydrogen-bond acceptors (Lipinski definition) is 8. The van der Waals surface area contributed by atoms with Gasteiger partial charge in [0.05, 0.1) is 22.8 Å². The first kappa shape index (κ1) is 37.8. The lowest BCUT2D eigenvalue weighted by Crippen LogP contribution is -2.53. The van der Waals surface area contributed by atoms with Crippen LogP contribution in [0.5, 0.6) is 0 Å². The molecule has 3 aromatic carbocycles. The number of carbonyl (C=O) groups is 2. The van der Waals surface area contributed by atoms with Crippen molar-refractivity contribution in [1.29, 1.82) is 0 Å². The van der Waals surface area contributed by atoms with E-state index in [9.17, 15) is 31.5 Å². The average molecular weight is 688 g/mol. The Morgan fingerprint density at radius 1 is 0.830 bits per heavy atom. The maximum Gasteiger partial charge on any atom is 0.253 e. The number of aliphatic hydroxyl groups excluding tert-OH is 1. The van der Waals surface area contributed by atoms with Crippen molar-refractivity contribution in [2.24, 2.45) is 5.14 Å². The Morgan fingerprint density at radius 3 is 1.91 bits per heavy atom. The van der Waals surface area contributed by atoms with Crippen molar-refractivity contribution < 1.29 is 31.5 Å². The molecule has 0 aliphatic carbocycles. The van der Waals surface area contributed by atoms with Crippen LogP contribution in [0.3, 0.4) is 0 Å². The Morgan fingerprint density at radius 2 is 1.38 bits per heavy atom. The first-order valence-electron chi connectivity index (χ1n) is 15.5. The minimum Gasteiger partial charge on any atom is -0.390 e. The number of benzene rings is 3. The van der Waals surface area contributed by atoms with E-state index in [0.717, 1.165) is 17.7 Å². The minimum absolute atomic E-state index is 0.00582. The maximum absolute atomic E-state index is 13.7. The number of aliphatic hydroxyl groups is 1. The molecular weight excluding hydrogens is 643 g/mol. The highest BCUT2D eigenvalue weighted by Gasteiger charge is 2.28. The first-order valence-corrected chi connectivity index (χ1v) is 18.7. The minimum atomic E-state index is -4.29. The topological polar surface area (TPSA) is 179 Å². The van der Waals surface area contributed by atoms with Crippen LogP contribution >= 0.6 is 0 Å². The number of rotatable bonds is 18. The van der Waals surface area contributed by atoms with Crippen molar-refractivity contribution in [2.75, 3.05) is 26.2 Å². The molecule has 0 radical (unpaired) electrons. The van der Waals surface area contributed by atoms with Crippen LogP contribution in [-0.4, -0.2) is 82.0 Å². The van der Waals surface area contributed by atoms with Gasteiger partial charge in [-0.05, 0) is 48.6 Å². The predicted octanol–water partition coefficient (Wildman–Crippen LogP) is 2.65. The zero-order chi connectivity index (χ0) is 34.6. The number of hydrazine groups is 1. The summed E-state index contributed by atoms with van der Waals surface area (Å²) in [5, 5.41) is 21.0. The Kier molecular flexibility index (Phi) is 14.1. The van der Waals surface area contributed by atoms with Gasteiger partial charge in [0.2, 0.25) is 20.0 Å². The fourth-order valence-electron chi connectivity index (χ4n) is 5.06. The lowest BCUT2D eigenvalue weighted by atomic mass is 10.00.